The lowest BCUT2D eigenvalue weighted by Gasteiger charge is -2.22. The van der Waals surface area contributed by atoms with Gasteiger partial charge in [0.25, 0.3) is 5.91 Å². The third-order valence-corrected chi connectivity index (χ3v) is 5.81. The molecule has 120 valence electrons. The molecule has 0 radical (unpaired) electrons. The van der Waals surface area contributed by atoms with Crippen molar-refractivity contribution in [1.82, 2.24) is 5.32 Å². The van der Waals surface area contributed by atoms with Crippen LogP contribution in [0.2, 0.25) is 0 Å². The maximum Gasteiger partial charge on any atom is 0.251 e. The molecule has 0 saturated heterocycles. The first-order chi connectivity index (χ1) is 10.4. The number of hydrogen-bond acceptors (Lipinski definition) is 3. The van der Waals surface area contributed by atoms with Crippen LogP contribution in [0.15, 0.2) is 18.2 Å². The van der Waals surface area contributed by atoms with Crippen molar-refractivity contribution in [3.63, 3.8) is 0 Å². The molecule has 1 aliphatic heterocycles. The van der Waals surface area contributed by atoms with E-state index >= 15 is 0 Å². The zero-order valence-corrected chi connectivity index (χ0v) is 13.8. The van der Waals surface area contributed by atoms with E-state index in [1.54, 1.807) is 12.1 Å². The minimum Gasteiger partial charge on any atom is -0.349 e. The molecular formula is C16H22N2O3S. The number of nitrogens with zero attached hydrogens (tertiary/aromatic N) is 1. The van der Waals surface area contributed by atoms with Gasteiger partial charge in [-0.1, -0.05) is 12.8 Å². The second-order valence-electron chi connectivity index (χ2n) is 6.41. The Balaban J connectivity index is 1.83. The molecule has 0 spiro atoms. The van der Waals surface area contributed by atoms with Crippen LogP contribution in [0, 0.1) is 0 Å². The van der Waals surface area contributed by atoms with Gasteiger partial charge in [0, 0.05) is 17.6 Å². The Kier molecular flexibility index (Phi) is 3.89. The number of nitrogens with one attached hydrogen (secondary N) is 1. The Morgan fingerprint density at radius 3 is 2.59 bits per heavy atom. The quantitative estimate of drug-likeness (QED) is 0.926. The number of amides is 1. The van der Waals surface area contributed by atoms with E-state index in [1.807, 2.05) is 13.0 Å². The van der Waals surface area contributed by atoms with Crippen molar-refractivity contribution in [1.29, 1.82) is 0 Å². The molecule has 5 nitrogen and oxygen atoms in total. The summed E-state index contributed by atoms with van der Waals surface area (Å²) in [6, 6.07) is 5.50. The molecule has 1 aromatic rings. The normalized spacial score (nSPS) is 21.9. The monoisotopic (exact) mass is 322 g/mol. The van der Waals surface area contributed by atoms with Gasteiger partial charge in [-0.25, -0.2) is 8.42 Å². The maximum atomic E-state index is 12.3. The molecule has 1 N–H and O–H groups in total. The van der Waals surface area contributed by atoms with Crippen LogP contribution in [0.3, 0.4) is 0 Å². The number of rotatable bonds is 3. The summed E-state index contributed by atoms with van der Waals surface area (Å²) in [4.78, 5) is 12.3. The van der Waals surface area contributed by atoms with Crippen molar-refractivity contribution in [3.05, 3.63) is 29.3 Å². The summed E-state index contributed by atoms with van der Waals surface area (Å²) in [5.74, 6) is -0.0554. The van der Waals surface area contributed by atoms with E-state index in [2.05, 4.69) is 5.32 Å². The van der Waals surface area contributed by atoms with E-state index < -0.39 is 10.0 Å². The number of sulfonamides is 1. The molecule has 1 saturated carbocycles. The minimum absolute atomic E-state index is 0.0554. The van der Waals surface area contributed by atoms with Crippen LogP contribution >= 0.6 is 0 Å². The summed E-state index contributed by atoms with van der Waals surface area (Å²) in [6.45, 7) is 1.89. The Hall–Kier alpha value is -1.56. The molecule has 2 aliphatic rings. The van der Waals surface area contributed by atoms with Gasteiger partial charge in [0.15, 0.2) is 0 Å². The van der Waals surface area contributed by atoms with Crippen LogP contribution < -0.4 is 9.62 Å². The minimum atomic E-state index is -3.28. The van der Waals surface area contributed by atoms with Crippen molar-refractivity contribution < 1.29 is 13.2 Å². The zero-order chi connectivity index (χ0) is 15.9. The van der Waals surface area contributed by atoms with E-state index in [0.717, 1.165) is 18.4 Å². The first-order valence-corrected chi connectivity index (χ1v) is 9.64. The van der Waals surface area contributed by atoms with Gasteiger partial charge >= 0.3 is 0 Å². The van der Waals surface area contributed by atoms with Crippen molar-refractivity contribution in [2.24, 2.45) is 0 Å². The van der Waals surface area contributed by atoms with E-state index in [4.69, 9.17) is 0 Å². The van der Waals surface area contributed by atoms with Crippen LogP contribution in [-0.4, -0.2) is 32.7 Å². The summed E-state index contributed by atoms with van der Waals surface area (Å²) in [7, 11) is -3.28. The molecule has 1 aliphatic carbocycles. The van der Waals surface area contributed by atoms with Gasteiger partial charge in [-0.15, -0.1) is 0 Å². The highest BCUT2D eigenvalue weighted by atomic mass is 32.2. The summed E-state index contributed by atoms with van der Waals surface area (Å²) in [5.41, 5.74) is 2.25. The lowest BCUT2D eigenvalue weighted by Crippen LogP contribution is -2.34. The van der Waals surface area contributed by atoms with E-state index in [1.165, 1.54) is 23.4 Å². The maximum absolute atomic E-state index is 12.3. The Labute approximate surface area is 131 Å². The smallest absolute Gasteiger partial charge is 0.251 e. The first kappa shape index (κ1) is 15.3. The molecule has 1 fully saturated rings. The predicted molar refractivity (Wildman–Crippen MR) is 86.7 cm³/mol. The first-order valence-electron chi connectivity index (χ1n) is 7.79. The molecule has 3 rings (SSSR count). The average Bonchev–Trinajstić information content (AvgIpc) is 3.02. The summed E-state index contributed by atoms with van der Waals surface area (Å²) in [6.07, 6.45) is 6.32. The predicted octanol–water partition coefficient (Wildman–Crippen LogP) is 2.07. The van der Waals surface area contributed by atoms with Gasteiger partial charge in [-0.3, -0.25) is 9.10 Å². The fourth-order valence-corrected chi connectivity index (χ4v) is 4.85. The number of fused-ring (bicyclic) bond motifs is 1. The molecule has 1 heterocycles. The van der Waals surface area contributed by atoms with Gasteiger partial charge in [0.1, 0.15) is 0 Å². The standard InChI is InChI=1S/C16H22N2O3S/c1-11-9-13-10-12(16(19)17-14-5-3-4-6-14)7-8-15(13)18(11)22(2,20)21/h7-8,10-11,14H,3-6,9H2,1-2H3,(H,17,19)/t11-/m0/s1. The zero-order valence-electron chi connectivity index (χ0n) is 13.0. The van der Waals surface area contributed by atoms with Gasteiger partial charge in [0.05, 0.1) is 11.9 Å². The van der Waals surface area contributed by atoms with E-state index in [-0.39, 0.29) is 18.0 Å². The van der Waals surface area contributed by atoms with Gasteiger partial charge in [0.2, 0.25) is 10.0 Å². The number of benzene rings is 1. The third kappa shape index (κ3) is 2.84. The third-order valence-electron chi connectivity index (χ3n) is 4.54. The average molecular weight is 322 g/mol. The highest BCUT2D eigenvalue weighted by Crippen LogP contribution is 2.34. The molecule has 1 atom stereocenters. The number of anilines is 1. The Bertz CT molecular complexity index is 693. The van der Waals surface area contributed by atoms with Crippen LogP contribution in [0.1, 0.15) is 48.5 Å². The second-order valence-corrected chi connectivity index (χ2v) is 8.27. The molecule has 6 heteroatoms. The molecule has 22 heavy (non-hydrogen) atoms. The topological polar surface area (TPSA) is 66.5 Å². The van der Waals surface area contributed by atoms with Crippen LogP contribution in [0.4, 0.5) is 5.69 Å². The molecule has 0 aromatic heterocycles. The molecule has 0 bridgehead atoms. The van der Waals surface area contributed by atoms with Crippen LogP contribution in [0.25, 0.3) is 0 Å². The fraction of sp³-hybridized carbons (Fsp3) is 0.562. The van der Waals surface area contributed by atoms with Crippen LogP contribution in [0.5, 0.6) is 0 Å². The van der Waals surface area contributed by atoms with Gasteiger partial charge in [-0.05, 0) is 49.9 Å². The van der Waals surface area contributed by atoms with Crippen molar-refractivity contribution in [2.45, 2.75) is 51.1 Å². The second kappa shape index (κ2) is 5.57. The SMILES string of the molecule is C[C@H]1Cc2cc(C(=O)NC3CCCC3)ccc2N1S(C)(=O)=O. The van der Waals surface area contributed by atoms with Crippen molar-refractivity contribution in [3.8, 4) is 0 Å². The van der Waals surface area contributed by atoms with Crippen molar-refractivity contribution in [2.75, 3.05) is 10.6 Å². The highest BCUT2D eigenvalue weighted by Gasteiger charge is 2.32. The Morgan fingerprint density at radius 1 is 1.27 bits per heavy atom. The molecular weight excluding hydrogens is 300 g/mol. The van der Waals surface area contributed by atoms with Crippen molar-refractivity contribution >= 4 is 21.6 Å². The molecule has 0 unspecified atom stereocenters. The summed E-state index contributed by atoms with van der Waals surface area (Å²) >= 11 is 0. The Morgan fingerprint density at radius 2 is 1.95 bits per heavy atom. The van der Waals surface area contributed by atoms with Gasteiger partial charge < -0.3 is 5.32 Å². The molecule has 1 amide bonds. The lowest BCUT2D eigenvalue weighted by molar-refractivity contribution is 0.0938. The highest BCUT2D eigenvalue weighted by molar-refractivity contribution is 7.92. The number of hydrogen-bond donors (Lipinski definition) is 1. The number of carbonyl (C=O) groups excluding carboxylic acids is 1. The largest absolute Gasteiger partial charge is 0.349 e. The fourth-order valence-electron chi connectivity index (χ4n) is 3.59. The van der Waals surface area contributed by atoms with E-state index in [9.17, 15) is 13.2 Å². The summed E-state index contributed by atoms with van der Waals surface area (Å²) < 4.78 is 25.2. The van der Waals surface area contributed by atoms with E-state index in [0.29, 0.717) is 17.7 Å². The van der Waals surface area contributed by atoms with Crippen LogP contribution in [-0.2, 0) is 16.4 Å². The molecule has 1 aromatic carbocycles. The number of carbonyl (C=O) groups is 1. The van der Waals surface area contributed by atoms with Gasteiger partial charge in [-0.2, -0.15) is 0 Å². The summed E-state index contributed by atoms with van der Waals surface area (Å²) in [5, 5.41) is 3.07. The lowest BCUT2D eigenvalue weighted by atomic mass is 10.1.